The maximum atomic E-state index is 12.9. The summed E-state index contributed by atoms with van der Waals surface area (Å²) in [6, 6.07) is 17.6. The molecule has 2 aromatic carbocycles. The third-order valence-electron chi connectivity index (χ3n) is 4.62. The highest BCUT2D eigenvalue weighted by molar-refractivity contribution is 5.95. The Balaban J connectivity index is 1.69. The number of benzene rings is 2. The molecule has 0 aliphatic heterocycles. The lowest BCUT2D eigenvalue weighted by Crippen LogP contribution is -2.28. The van der Waals surface area contributed by atoms with Crippen molar-refractivity contribution in [2.24, 2.45) is 0 Å². The van der Waals surface area contributed by atoms with Crippen molar-refractivity contribution in [3.05, 3.63) is 83.0 Å². The van der Waals surface area contributed by atoms with E-state index in [4.69, 9.17) is 4.52 Å². The van der Waals surface area contributed by atoms with E-state index in [1.54, 1.807) is 0 Å². The van der Waals surface area contributed by atoms with Crippen LogP contribution in [0.2, 0.25) is 0 Å². The zero-order chi connectivity index (χ0) is 20.1. The van der Waals surface area contributed by atoms with E-state index in [2.05, 4.69) is 27.6 Å². The second-order valence-corrected chi connectivity index (χ2v) is 8.04. The maximum Gasteiger partial charge on any atom is 0.252 e. The molecule has 0 fully saturated rings. The Bertz CT molecular complexity index is 926. The van der Waals surface area contributed by atoms with Gasteiger partial charge in [-0.25, -0.2) is 0 Å². The lowest BCUT2D eigenvalue weighted by molar-refractivity contribution is 0.0931. The highest BCUT2D eigenvalue weighted by atomic mass is 16.5. The van der Waals surface area contributed by atoms with E-state index < -0.39 is 0 Å². The molecule has 28 heavy (non-hydrogen) atoms. The molecule has 1 heterocycles. The molecule has 1 aromatic heterocycles. The summed E-state index contributed by atoms with van der Waals surface area (Å²) in [5.74, 6) is 0.915. The Morgan fingerprint density at radius 3 is 2.39 bits per heavy atom. The van der Waals surface area contributed by atoms with Crippen LogP contribution in [0.25, 0.3) is 0 Å². The van der Waals surface area contributed by atoms with Crippen LogP contribution in [0.5, 0.6) is 0 Å². The average Bonchev–Trinajstić information content (AvgIpc) is 3.18. The Kier molecular flexibility index (Phi) is 5.93. The number of aromatic nitrogens is 2. The van der Waals surface area contributed by atoms with Crippen molar-refractivity contribution in [3.8, 4) is 0 Å². The molecule has 0 radical (unpaired) electrons. The monoisotopic (exact) mass is 377 g/mol. The Morgan fingerprint density at radius 1 is 1.04 bits per heavy atom. The van der Waals surface area contributed by atoms with Gasteiger partial charge in [0.15, 0.2) is 5.82 Å². The first-order valence-electron chi connectivity index (χ1n) is 9.61. The van der Waals surface area contributed by atoms with Crippen molar-refractivity contribution < 1.29 is 9.32 Å². The summed E-state index contributed by atoms with van der Waals surface area (Å²) in [4.78, 5) is 17.3. The predicted octanol–water partition coefficient (Wildman–Crippen LogP) is 4.64. The van der Waals surface area contributed by atoms with Crippen LogP contribution in [0, 0.1) is 0 Å². The van der Waals surface area contributed by atoms with Gasteiger partial charge in [0.05, 0.1) is 0 Å². The quantitative estimate of drug-likeness (QED) is 0.679. The van der Waals surface area contributed by atoms with Gasteiger partial charge in [-0.05, 0) is 37.0 Å². The zero-order valence-electron chi connectivity index (χ0n) is 16.9. The summed E-state index contributed by atoms with van der Waals surface area (Å²) in [5.41, 5.74) is 2.76. The van der Waals surface area contributed by atoms with Crippen LogP contribution in [0.1, 0.15) is 66.9 Å². The normalized spacial score (nSPS) is 12.6. The Hall–Kier alpha value is -2.95. The second kappa shape index (κ2) is 8.38. The number of hydrogen-bond donors (Lipinski definition) is 1. The smallest absolute Gasteiger partial charge is 0.252 e. The average molecular weight is 377 g/mol. The topological polar surface area (TPSA) is 68.0 Å². The van der Waals surface area contributed by atoms with E-state index in [0.29, 0.717) is 17.3 Å². The molecule has 1 N–H and O–H groups in total. The maximum absolute atomic E-state index is 12.9. The lowest BCUT2D eigenvalue weighted by atomic mass is 9.96. The number of nitrogens with zero attached hydrogens (tertiary/aromatic N) is 2. The molecule has 3 rings (SSSR count). The van der Waals surface area contributed by atoms with Crippen LogP contribution in [0.3, 0.4) is 0 Å². The highest BCUT2D eigenvalue weighted by Crippen LogP contribution is 2.21. The molecule has 0 spiro atoms. The minimum absolute atomic E-state index is 0.133. The Morgan fingerprint density at radius 2 is 1.71 bits per heavy atom. The van der Waals surface area contributed by atoms with Gasteiger partial charge in [-0.3, -0.25) is 4.79 Å². The van der Waals surface area contributed by atoms with Gasteiger partial charge >= 0.3 is 0 Å². The molecule has 1 unspecified atom stereocenters. The van der Waals surface area contributed by atoms with E-state index in [1.165, 1.54) is 5.56 Å². The Labute approximate surface area is 166 Å². The molecule has 0 bridgehead atoms. The minimum Gasteiger partial charge on any atom is -0.341 e. The van der Waals surface area contributed by atoms with Crippen LogP contribution in [-0.4, -0.2) is 16.0 Å². The van der Waals surface area contributed by atoms with E-state index in [9.17, 15) is 4.79 Å². The molecule has 5 nitrogen and oxygen atoms in total. The first-order chi connectivity index (χ1) is 13.3. The van der Waals surface area contributed by atoms with Gasteiger partial charge in [0.25, 0.3) is 5.91 Å². The van der Waals surface area contributed by atoms with Crippen LogP contribution in [-0.2, 0) is 18.3 Å². The largest absolute Gasteiger partial charge is 0.341 e. The van der Waals surface area contributed by atoms with Crippen molar-refractivity contribution in [1.82, 2.24) is 15.5 Å². The predicted molar refractivity (Wildman–Crippen MR) is 109 cm³/mol. The summed E-state index contributed by atoms with van der Waals surface area (Å²) in [6.07, 6.45) is 1.69. The molecule has 5 heteroatoms. The zero-order valence-corrected chi connectivity index (χ0v) is 16.9. The molecule has 0 aliphatic rings. The van der Waals surface area contributed by atoms with Crippen LogP contribution in [0.15, 0.2) is 59.1 Å². The van der Waals surface area contributed by atoms with E-state index in [-0.39, 0.29) is 17.4 Å². The number of aryl methyl sites for hydroxylation is 2. The molecule has 0 saturated carbocycles. The van der Waals surface area contributed by atoms with Crippen molar-refractivity contribution in [1.29, 1.82) is 0 Å². The SMILES string of the molecule is CC(NC(=O)c1ccccc1CCc1ccccc1)c1nc(C(C)(C)C)no1. The van der Waals surface area contributed by atoms with Gasteiger partial charge in [-0.2, -0.15) is 4.98 Å². The fourth-order valence-corrected chi connectivity index (χ4v) is 2.94. The summed E-state index contributed by atoms with van der Waals surface area (Å²) in [6.45, 7) is 7.92. The molecule has 146 valence electrons. The van der Waals surface area contributed by atoms with Crippen molar-refractivity contribution in [2.45, 2.75) is 52.0 Å². The number of nitrogens with one attached hydrogen (secondary N) is 1. The first kappa shape index (κ1) is 19.8. The van der Waals surface area contributed by atoms with Crippen molar-refractivity contribution in [3.63, 3.8) is 0 Å². The first-order valence-corrected chi connectivity index (χ1v) is 9.61. The van der Waals surface area contributed by atoms with Gasteiger partial charge in [0.1, 0.15) is 6.04 Å². The summed E-state index contributed by atoms with van der Waals surface area (Å²) in [5, 5.41) is 7.01. The van der Waals surface area contributed by atoms with E-state index in [0.717, 1.165) is 18.4 Å². The van der Waals surface area contributed by atoms with Crippen molar-refractivity contribution >= 4 is 5.91 Å². The number of carbonyl (C=O) groups excluding carboxylic acids is 1. The third kappa shape index (κ3) is 4.85. The molecule has 0 saturated heterocycles. The van der Waals surface area contributed by atoms with Crippen molar-refractivity contribution in [2.75, 3.05) is 0 Å². The van der Waals surface area contributed by atoms with Crippen LogP contribution < -0.4 is 5.32 Å². The summed E-state index contributed by atoms with van der Waals surface area (Å²) in [7, 11) is 0. The molecule has 1 atom stereocenters. The molecule has 3 aromatic rings. The van der Waals surface area contributed by atoms with E-state index in [1.807, 2.05) is 70.2 Å². The number of hydrogen-bond acceptors (Lipinski definition) is 4. The van der Waals surface area contributed by atoms with Gasteiger partial charge in [0.2, 0.25) is 5.89 Å². The fourth-order valence-electron chi connectivity index (χ4n) is 2.94. The standard InChI is InChI=1S/C23H27N3O2/c1-16(21-25-22(26-28-21)23(2,3)4)24-20(27)19-13-9-8-12-18(19)15-14-17-10-6-5-7-11-17/h5-13,16H,14-15H2,1-4H3,(H,24,27). The number of amides is 1. The van der Waals surface area contributed by atoms with Crippen LogP contribution in [0.4, 0.5) is 0 Å². The van der Waals surface area contributed by atoms with Gasteiger partial charge in [-0.15, -0.1) is 0 Å². The molecular weight excluding hydrogens is 350 g/mol. The number of carbonyl (C=O) groups is 1. The second-order valence-electron chi connectivity index (χ2n) is 8.04. The molecule has 1 amide bonds. The molecular formula is C23H27N3O2. The minimum atomic E-state index is -0.363. The lowest BCUT2D eigenvalue weighted by Gasteiger charge is -2.13. The van der Waals surface area contributed by atoms with E-state index >= 15 is 0 Å². The van der Waals surface area contributed by atoms with Gasteiger partial charge in [-0.1, -0.05) is 74.5 Å². The fraction of sp³-hybridized carbons (Fsp3) is 0.348. The van der Waals surface area contributed by atoms with Gasteiger partial charge in [0, 0.05) is 11.0 Å². The summed E-state index contributed by atoms with van der Waals surface area (Å²) < 4.78 is 5.35. The van der Waals surface area contributed by atoms with Crippen LogP contribution >= 0.6 is 0 Å². The number of rotatable bonds is 6. The summed E-state index contributed by atoms with van der Waals surface area (Å²) >= 11 is 0. The molecule has 0 aliphatic carbocycles. The van der Waals surface area contributed by atoms with Gasteiger partial charge < -0.3 is 9.84 Å². The third-order valence-corrected chi connectivity index (χ3v) is 4.62. The highest BCUT2D eigenvalue weighted by Gasteiger charge is 2.24.